The van der Waals surface area contributed by atoms with Gasteiger partial charge in [-0.05, 0) is 36.2 Å². The fraction of sp³-hybridized carbons (Fsp3) is 0.364. The number of halogens is 1. The van der Waals surface area contributed by atoms with E-state index in [4.69, 9.17) is 9.57 Å². The van der Waals surface area contributed by atoms with Crippen molar-refractivity contribution in [2.24, 2.45) is 5.16 Å². The molecule has 0 bridgehead atoms. The minimum atomic E-state index is -0.813. The van der Waals surface area contributed by atoms with Gasteiger partial charge in [-0.1, -0.05) is 12.1 Å². The first-order chi connectivity index (χ1) is 7.31. The molecule has 0 aliphatic heterocycles. The summed E-state index contributed by atoms with van der Waals surface area (Å²) in [5.74, 6) is 0.508. The monoisotopic (exact) mass is 211 g/mol. The number of alkyl halides is 1. The molecule has 0 amide bonds. The van der Waals surface area contributed by atoms with Gasteiger partial charge in [0.1, 0.15) is 12.9 Å². The van der Waals surface area contributed by atoms with Crippen LogP contribution in [-0.2, 0) is 4.84 Å². The Morgan fingerprint density at radius 1 is 1.33 bits per heavy atom. The molecule has 1 aromatic carbocycles. The van der Waals surface area contributed by atoms with Gasteiger partial charge < -0.3 is 9.57 Å². The molecule has 82 valence electrons. The fourth-order valence-corrected chi connectivity index (χ4v) is 1.24. The standard InChI is InChI=1S/C11H14FNO2/c1-3-11(13-14-2)9-4-6-10(7-5-9)15-8-12/h4-7H,3,8H2,1-2H3. The van der Waals surface area contributed by atoms with Crippen LogP contribution in [-0.4, -0.2) is 19.7 Å². The molecule has 0 unspecified atom stereocenters. The maximum Gasteiger partial charge on any atom is 0.228 e. The van der Waals surface area contributed by atoms with Crippen molar-refractivity contribution in [2.75, 3.05) is 14.0 Å². The molecule has 1 aromatic rings. The van der Waals surface area contributed by atoms with Crippen LogP contribution in [0.4, 0.5) is 4.39 Å². The number of hydrogen-bond acceptors (Lipinski definition) is 3. The van der Waals surface area contributed by atoms with E-state index in [1.807, 2.05) is 19.1 Å². The third kappa shape index (κ3) is 3.23. The van der Waals surface area contributed by atoms with Crippen molar-refractivity contribution in [3.05, 3.63) is 29.8 Å². The minimum absolute atomic E-state index is 0.508. The molecule has 0 aromatic heterocycles. The average Bonchev–Trinajstić information content (AvgIpc) is 2.28. The summed E-state index contributed by atoms with van der Waals surface area (Å²) in [7, 11) is 1.51. The predicted molar refractivity (Wildman–Crippen MR) is 56.9 cm³/mol. The van der Waals surface area contributed by atoms with Crippen molar-refractivity contribution in [3.8, 4) is 5.75 Å². The van der Waals surface area contributed by atoms with Gasteiger partial charge in [-0.2, -0.15) is 0 Å². The summed E-state index contributed by atoms with van der Waals surface area (Å²) >= 11 is 0. The molecule has 0 heterocycles. The lowest BCUT2D eigenvalue weighted by atomic mass is 10.1. The van der Waals surface area contributed by atoms with Gasteiger partial charge in [-0.3, -0.25) is 0 Å². The molecule has 0 N–H and O–H groups in total. The van der Waals surface area contributed by atoms with Crippen molar-refractivity contribution in [1.82, 2.24) is 0 Å². The molecule has 0 radical (unpaired) electrons. The van der Waals surface area contributed by atoms with Gasteiger partial charge in [-0.15, -0.1) is 0 Å². The Kier molecular flexibility index (Phi) is 4.60. The topological polar surface area (TPSA) is 30.8 Å². The van der Waals surface area contributed by atoms with Crippen molar-refractivity contribution >= 4 is 5.71 Å². The van der Waals surface area contributed by atoms with E-state index in [1.54, 1.807) is 12.1 Å². The Balaban J connectivity index is 2.82. The van der Waals surface area contributed by atoms with Crippen molar-refractivity contribution in [3.63, 3.8) is 0 Å². The maximum atomic E-state index is 11.9. The first kappa shape index (κ1) is 11.5. The number of benzene rings is 1. The molecular weight excluding hydrogens is 197 g/mol. The highest BCUT2D eigenvalue weighted by molar-refractivity contribution is 6.00. The fourth-order valence-electron chi connectivity index (χ4n) is 1.24. The number of rotatable bonds is 5. The second-order valence-electron chi connectivity index (χ2n) is 2.85. The zero-order chi connectivity index (χ0) is 11.1. The van der Waals surface area contributed by atoms with Gasteiger partial charge in [0.15, 0.2) is 0 Å². The molecular formula is C11H14FNO2. The first-order valence-corrected chi connectivity index (χ1v) is 4.71. The van der Waals surface area contributed by atoms with Gasteiger partial charge in [-0.25, -0.2) is 4.39 Å². The van der Waals surface area contributed by atoms with Crippen LogP contribution in [0.1, 0.15) is 18.9 Å². The summed E-state index contributed by atoms with van der Waals surface area (Å²) in [4.78, 5) is 4.72. The van der Waals surface area contributed by atoms with E-state index in [0.29, 0.717) is 5.75 Å². The molecule has 0 spiro atoms. The van der Waals surface area contributed by atoms with Crippen LogP contribution in [0.5, 0.6) is 5.75 Å². The summed E-state index contributed by atoms with van der Waals surface area (Å²) in [5, 5.41) is 3.89. The third-order valence-corrected chi connectivity index (χ3v) is 1.95. The van der Waals surface area contributed by atoms with Crippen LogP contribution >= 0.6 is 0 Å². The highest BCUT2D eigenvalue weighted by Crippen LogP contribution is 2.14. The largest absolute Gasteiger partial charge is 0.463 e. The van der Waals surface area contributed by atoms with Gasteiger partial charge >= 0.3 is 0 Å². The van der Waals surface area contributed by atoms with Gasteiger partial charge in [0.2, 0.25) is 6.86 Å². The molecule has 3 nitrogen and oxygen atoms in total. The third-order valence-electron chi connectivity index (χ3n) is 1.95. The van der Waals surface area contributed by atoms with E-state index in [-0.39, 0.29) is 0 Å². The summed E-state index contributed by atoms with van der Waals surface area (Å²) in [6, 6.07) is 7.06. The van der Waals surface area contributed by atoms with Crippen molar-refractivity contribution < 1.29 is 14.0 Å². The minimum Gasteiger partial charge on any atom is -0.463 e. The van der Waals surface area contributed by atoms with E-state index < -0.39 is 6.86 Å². The van der Waals surface area contributed by atoms with E-state index in [0.717, 1.165) is 17.7 Å². The highest BCUT2D eigenvalue weighted by Gasteiger charge is 2.02. The lowest BCUT2D eigenvalue weighted by molar-refractivity contribution is 0.192. The van der Waals surface area contributed by atoms with Gasteiger partial charge in [0.05, 0.1) is 5.71 Å². The zero-order valence-electron chi connectivity index (χ0n) is 8.87. The molecule has 4 heteroatoms. The summed E-state index contributed by atoms with van der Waals surface area (Å²) in [6.07, 6.45) is 0.775. The second kappa shape index (κ2) is 6.01. The highest BCUT2D eigenvalue weighted by atomic mass is 19.1. The first-order valence-electron chi connectivity index (χ1n) is 4.71. The Bertz CT molecular complexity index is 322. The van der Waals surface area contributed by atoms with E-state index in [2.05, 4.69) is 5.16 Å². The molecule has 0 saturated carbocycles. The lowest BCUT2D eigenvalue weighted by Crippen LogP contribution is -1.99. The summed E-state index contributed by atoms with van der Waals surface area (Å²) in [5.41, 5.74) is 1.80. The maximum absolute atomic E-state index is 11.9. The molecule has 0 aliphatic carbocycles. The summed E-state index contributed by atoms with van der Waals surface area (Å²) < 4.78 is 16.6. The Morgan fingerprint density at radius 2 is 2.00 bits per heavy atom. The molecule has 0 saturated heterocycles. The molecule has 0 atom stereocenters. The van der Waals surface area contributed by atoms with Crippen LogP contribution in [0, 0.1) is 0 Å². The normalized spacial score (nSPS) is 11.3. The van der Waals surface area contributed by atoms with Crippen LogP contribution < -0.4 is 4.74 Å². The second-order valence-corrected chi connectivity index (χ2v) is 2.85. The number of nitrogens with zero attached hydrogens (tertiary/aromatic N) is 1. The number of hydrogen-bond donors (Lipinski definition) is 0. The van der Waals surface area contributed by atoms with Crippen molar-refractivity contribution in [2.45, 2.75) is 13.3 Å². The molecule has 1 rings (SSSR count). The summed E-state index contributed by atoms with van der Waals surface area (Å²) in [6.45, 7) is 1.18. The van der Waals surface area contributed by atoms with E-state index in [1.165, 1.54) is 7.11 Å². The Morgan fingerprint density at radius 3 is 2.47 bits per heavy atom. The quantitative estimate of drug-likeness (QED) is 0.554. The smallest absolute Gasteiger partial charge is 0.228 e. The van der Waals surface area contributed by atoms with Crippen LogP contribution in [0.25, 0.3) is 0 Å². The van der Waals surface area contributed by atoms with E-state index in [9.17, 15) is 4.39 Å². The van der Waals surface area contributed by atoms with E-state index >= 15 is 0 Å². The van der Waals surface area contributed by atoms with Crippen LogP contribution in [0.3, 0.4) is 0 Å². The molecule has 15 heavy (non-hydrogen) atoms. The van der Waals surface area contributed by atoms with Crippen LogP contribution in [0.15, 0.2) is 29.4 Å². The Labute approximate surface area is 88.5 Å². The van der Waals surface area contributed by atoms with Gasteiger partial charge in [0, 0.05) is 0 Å². The van der Waals surface area contributed by atoms with Crippen molar-refractivity contribution in [1.29, 1.82) is 0 Å². The van der Waals surface area contributed by atoms with Gasteiger partial charge in [0.25, 0.3) is 0 Å². The number of oxime groups is 1. The average molecular weight is 211 g/mol. The Hall–Kier alpha value is -1.58. The number of ether oxygens (including phenoxy) is 1. The lowest BCUT2D eigenvalue weighted by Gasteiger charge is -2.04. The molecule has 0 fully saturated rings. The SMILES string of the molecule is CCC(=NOC)c1ccc(OCF)cc1. The van der Waals surface area contributed by atoms with Crippen LogP contribution in [0.2, 0.25) is 0 Å². The molecule has 0 aliphatic rings. The predicted octanol–water partition coefficient (Wildman–Crippen LogP) is 2.75. The zero-order valence-corrected chi connectivity index (χ0v) is 8.87.